The van der Waals surface area contributed by atoms with E-state index in [-0.39, 0.29) is 5.56 Å². The Balaban J connectivity index is 1.45. The van der Waals surface area contributed by atoms with Gasteiger partial charge < -0.3 is 0 Å². The first-order valence-electron chi connectivity index (χ1n) is 9.92. The average molecular weight is 454 g/mol. The van der Waals surface area contributed by atoms with E-state index in [9.17, 15) is 4.79 Å². The average Bonchev–Trinajstić information content (AvgIpc) is 3.51. The number of rotatable bonds is 4. The summed E-state index contributed by atoms with van der Waals surface area (Å²) in [7, 11) is 0. The maximum Gasteiger partial charge on any atom is 0.274 e. The molecule has 0 atom stereocenters. The lowest BCUT2D eigenvalue weighted by Crippen LogP contribution is -2.22. The number of benzene rings is 2. The van der Waals surface area contributed by atoms with Crippen LogP contribution < -0.4 is 15.0 Å². The van der Waals surface area contributed by atoms with Gasteiger partial charge in [-0.2, -0.15) is 0 Å². The molecule has 4 heterocycles. The molecule has 8 heteroatoms. The molecule has 0 saturated heterocycles. The van der Waals surface area contributed by atoms with Crippen molar-refractivity contribution in [2.75, 3.05) is 4.90 Å². The third-order valence-corrected chi connectivity index (χ3v) is 7.00. The number of imidazole rings is 1. The second-order valence-corrected chi connectivity index (χ2v) is 9.13. The van der Waals surface area contributed by atoms with E-state index < -0.39 is 0 Å². The van der Waals surface area contributed by atoms with Gasteiger partial charge in [-0.25, -0.2) is 19.4 Å². The summed E-state index contributed by atoms with van der Waals surface area (Å²) in [5.41, 5.74) is 2.60. The summed E-state index contributed by atoms with van der Waals surface area (Å²) < 4.78 is 2.35. The molecular formula is C24H15N5OS2. The van der Waals surface area contributed by atoms with E-state index in [0.717, 1.165) is 26.6 Å². The second kappa shape index (κ2) is 7.67. The third kappa shape index (κ3) is 3.17. The number of fused-ring (bicyclic) bond motifs is 3. The van der Waals surface area contributed by atoms with Gasteiger partial charge in [0.2, 0.25) is 5.95 Å². The first kappa shape index (κ1) is 18.9. The highest BCUT2D eigenvalue weighted by atomic mass is 32.1. The molecule has 0 amide bonds. The van der Waals surface area contributed by atoms with E-state index >= 15 is 0 Å². The van der Waals surface area contributed by atoms with E-state index in [0.29, 0.717) is 15.4 Å². The molecule has 6 aromatic rings. The van der Waals surface area contributed by atoms with Crippen LogP contribution in [0.2, 0.25) is 0 Å². The van der Waals surface area contributed by atoms with Crippen molar-refractivity contribution in [2.45, 2.75) is 0 Å². The van der Waals surface area contributed by atoms with Crippen molar-refractivity contribution in [2.24, 2.45) is 0 Å². The van der Waals surface area contributed by atoms with E-state index in [1.165, 1.54) is 11.3 Å². The zero-order valence-corrected chi connectivity index (χ0v) is 18.3. The lowest BCUT2D eigenvalue weighted by molar-refractivity contribution is 1.09. The van der Waals surface area contributed by atoms with Crippen LogP contribution in [-0.4, -0.2) is 19.4 Å². The van der Waals surface area contributed by atoms with Gasteiger partial charge in [0.25, 0.3) is 5.56 Å². The molecule has 0 N–H and O–H groups in total. The number of thiophene rings is 1. The molecule has 0 saturated carbocycles. The molecule has 32 heavy (non-hydrogen) atoms. The van der Waals surface area contributed by atoms with Gasteiger partial charge >= 0.3 is 0 Å². The normalized spacial score (nSPS) is 12.1. The molecule has 0 spiro atoms. The molecule has 0 radical (unpaired) electrons. The van der Waals surface area contributed by atoms with E-state index in [2.05, 4.69) is 15.0 Å². The summed E-state index contributed by atoms with van der Waals surface area (Å²) in [5.74, 6) is 0.595. The van der Waals surface area contributed by atoms with Gasteiger partial charge in [0, 0.05) is 23.0 Å². The number of thiazole rings is 1. The van der Waals surface area contributed by atoms with Crippen molar-refractivity contribution < 1.29 is 0 Å². The summed E-state index contributed by atoms with van der Waals surface area (Å²) in [4.78, 5) is 30.2. The number of nitrogens with zero attached hydrogens (tertiary/aromatic N) is 5. The van der Waals surface area contributed by atoms with Crippen molar-refractivity contribution in [1.82, 2.24) is 19.4 Å². The summed E-state index contributed by atoms with van der Waals surface area (Å²) in [6.45, 7) is 0. The predicted octanol–water partition coefficient (Wildman–Crippen LogP) is 4.78. The second-order valence-electron chi connectivity index (χ2n) is 7.03. The molecule has 6 rings (SSSR count). The highest BCUT2D eigenvalue weighted by Gasteiger charge is 2.17. The summed E-state index contributed by atoms with van der Waals surface area (Å²) in [6, 6.07) is 23.5. The van der Waals surface area contributed by atoms with Crippen molar-refractivity contribution in [3.05, 3.63) is 105 Å². The van der Waals surface area contributed by atoms with Crippen LogP contribution in [0.4, 0.5) is 16.6 Å². The molecular weight excluding hydrogens is 438 g/mol. The smallest absolute Gasteiger partial charge is 0.270 e. The van der Waals surface area contributed by atoms with Gasteiger partial charge in [0.1, 0.15) is 5.00 Å². The zero-order valence-electron chi connectivity index (χ0n) is 16.6. The third-order valence-electron chi connectivity index (χ3n) is 5.02. The fourth-order valence-corrected chi connectivity index (χ4v) is 5.63. The number of hydrogen-bond donors (Lipinski definition) is 0. The van der Waals surface area contributed by atoms with Crippen molar-refractivity contribution >= 4 is 61.4 Å². The minimum absolute atomic E-state index is 0.0417. The highest BCUT2D eigenvalue weighted by Crippen LogP contribution is 2.36. The summed E-state index contributed by atoms with van der Waals surface area (Å²) in [6.07, 6.45) is 5.39. The lowest BCUT2D eigenvalue weighted by Gasteiger charge is -2.20. The van der Waals surface area contributed by atoms with Gasteiger partial charge in [-0.15, -0.1) is 11.3 Å². The van der Waals surface area contributed by atoms with Gasteiger partial charge in [-0.3, -0.25) is 9.69 Å². The highest BCUT2D eigenvalue weighted by molar-refractivity contribution is 7.17. The quantitative estimate of drug-likeness (QED) is 0.384. The fourth-order valence-electron chi connectivity index (χ4n) is 3.61. The van der Waals surface area contributed by atoms with E-state index in [1.807, 2.05) is 77.7 Å². The Kier molecular flexibility index (Phi) is 4.52. The van der Waals surface area contributed by atoms with E-state index in [4.69, 9.17) is 0 Å². The molecule has 0 bridgehead atoms. The molecule has 0 aliphatic carbocycles. The molecule has 4 aromatic heterocycles. The van der Waals surface area contributed by atoms with Crippen LogP contribution in [-0.2, 0) is 0 Å². The monoisotopic (exact) mass is 453 g/mol. The van der Waals surface area contributed by atoms with Crippen LogP contribution in [0.5, 0.6) is 0 Å². The van der Waals surface area contributed by atoms with E-state index in [1.54, 1.807) is 34.2 Å². The molecule has 2 aromatic carbocycles. The Labute approximate surface area is 190 Å². The van der Waals surface area contributed by atoms with Gasteiger partial charge in [0.15, 0.2) is 4.96 Å². The van der Waals surface area contributed by atoms with Crippen molar-refractivity contribution in [1.29, 1.82) is 0 Å². The van der Waals surface area contributed by atoms with Crippen LogP contribution in [0.1, 0.15) is 4.88 Å². The Morgan fingerprint density at radius 1 is 0.844 bits per heavy atom. The Hall–Kier alpha value is -3.88. The zero-order chi connectivity index (χ0) is 21.5. The first-order chi connectivity index (χ1) is 15.8. The summed E-state index contributed by atoms with van der Waals surface area (Å²) >= 11 is 2.99. The van der Waals surface area contributed by atoms with Crippen LogP contribution >= 0.6 is 22.7 Å². The van der Waals surface area contributed by atoms with Gasteiger partial charge in [-0.1, -0.05) is 41.7 Å². The van der Waals surface area contributed by atoms with Gasteiger partial charge in [-0.05, 0) is 48.5 Å². The molecule has 154 valence electrons. The SMILES string of the molecule is O=c1/c(=C\c2ccc(N(c3ccccc3)c3ncccn3)s2)sc2nc3ccccc3n12. The maximum atomic E-state index is 13.1. The number of aromatic nitrogens is 4. The first-order valence-corrected chi connectivity index (χ1v) is 11.5. The van der Waals surface area contributed by atoms with Crippen molar-refractivity contribution in [3.8, 4) is 0 Å². The Morgan fingerprint density at radius 3 is 2.47 bits per heavy atom. The standard InChI is InChI=1S/C24H15N5OS2/c30-22-20(32-24-27-18-9-4-5-10-19(18)29(22)24)15-17-11-12-21(31-17)28(16-7-2-1-3-8-16)23-25-13-6-14-26-23/h1-15H/b20-15+. The van der Waals surface area contributed by atoms with Crippen LogP contribution in [0.3, 0.4) is 0 Å². The molecule has 0 aliphatic rings. The Morgan fingerprint density at radius 2 is 1.62 bits per heavy atom. The minimum Gasteiger partial charge on any atom is -0.270 e. The minimum atomic E-state index is -0.0417. The fraction of sp³-hybridized carbons (Fsp3) is 0. The largest absolute Gasteiger partial charge is 0.274 e. The van der Waals surface area contributed by atoms with Crippen LogP contribution in [0, 0.1) is 0 Å². The lowest BCUT2D eigenvalue weighted by atomic mass is 10.3. The molecule has 0 aliphatic heterocycles. The summed E-state index contributed by atoms with van der Waals surface area (Å²) in [5, 5.41) is 0.966. The Bertz CT molecular complexity index is 1620. The van der Waals surface area contributed by atoms with Crippen LogP contribution in [0.15, 0.2) is 90.0 Å². The maximum absolute atomic E-state index is 13.1. The number of para-hydroxylation sites is 3. The topological polar surface area (TPSA) is 63.4 Å². The predicted molar refractivity (Wildman–Crippen MR) is 130 cm³/mol. The van der Waals surface area contributed by atoms with Crippen LogP contribution in [0.25, 0.3) is 22.1 Å². The number of hydrogen-bond acceptors (Lipinski definition) is 7. The van der Waals surface area contributed by atoms with Crippen molar-refractivity contribution in [3.63, 3.8) is 0 Å². The number of anilines is 3. The molecule has 6 nitrogen and oxygen atoms in total. The molecule has 0 unspecified atom stereocenters. The molecule has 0 fully saturated rings. The van der Waals surface area contributed by atoms with Gasteiger partial charge in [0.05, 0.1) is 15.6 Å².